The van der Waals surface area contributed by atoms with Gasteiger partial charge in [-0.1, -0.05) is 44.2 Å². The van der Waals surface area contributed by atoms with Crippen LogP contribution in [0.15, 0.2) is 90.4 Å². The molecule has 2 fully saturated rings. The van der Waals surface area contributed by atoms with Crippen LogP contribution < -0.4 is 24.6 Å². The molecule has 0 saturated carbocycles. The number of nitrogens with one attached hydrogen (secondary N) is 1. The van der Waals surface area contributed by atoms with Gasteiger partial charge >= 0.3 is 6.18 Å². The third-order valence-electron chi connectivity index (χ3n) is 14.7. The summed E-state index contributed by atoms with van der Waals surface area (Å²) in [7, 11) is 0. The number of carbonyl (C=O) groups is 4. The van der Waals surface area contributed by atoms with Gasteiger partial charge < -0.3 is 53.5 Å². The Kier molecular flexibility index (Phi) is 21.5. The molecule has 3 aliphatic heterocycles. The van der Waals surface area contributed by atoms with Gasteiger partial charge in [-0.15, -0.1) is 11.3 Å². The number of carbonyl (C=O) groups excluding carboxylic acids is 4. The van der Waals surface area contributed by atoms with Crippen molar-refractivity contribution in [2.24, 2.45) is 5.92 Å². The van der Waals surface area contributed by atoms with E-state index in [1.165, 1.54) is 22.3 Å². The average Bonchev–Trinajstić information content (AvgIpc) is 3.36. The minimum atomic E-state index is -4.80. The van der Waals surface area contributed by atoms with Crippen LogP contribution in [0.1, 0.15) is 91.7 Å². The van der Waals surface area contributed by atoms with Gasteiger partial charge in [-0.2, -0.15) is 18.4 Å². The van der Waals surface area contributed by atoms with Crippen LogP contribution in [0.4, 0.5) is 24.5 Å². The minimum Gasteiger partial charge on any atom is -0.491 e. The largest absolute Gasteiger partial charge is 0.491 e. The molecule has 84 heavy (non-hydrogen) atoms. The van der Waals surface area contributed by atoms with Gasteiger partial charge in [-0.05, 0) is 124 Å². The fourth-order valence-corrected chi connectivity index (χ4v) is 11.7. The molecule has 2 N–H and O–H groups in total. The molecule has 0 spiro atoms. The molecule has 4 amide bonds. The van der Waals surface area contributed by atoms with E-state index in [4.69, 9.17) is 40.6 Å². The number of nitriles is 1. The molecule has 0 radical (unpaired) electrons. The predicted octanol–water partition coefficient (Wildman–Crippen LogP) is 8.88. The number of amides is 4. The molecule has 5 aromatic rings. The quantitative estimate of drug-likeness (QED) is 0.0339. The molecule has 448 valence electrons. The standard InChI is InChI=1S/C61H70F3N7O11S2/c1-39(2)53(69-36-44-11-7-8-12-49(44)56(69)74)57(75)68-37-47(72)33-51(68)55(73)66-35-43-14-13-41(54-40(3)67-38-84-54)31-52(43)82-30-28-80-26-24-78-22-10-6-9-21-77-23-25-79-27-29-81-48-19-17-45(18-20-48)71-59(83)70(58(76)60(71,4)5)46-16-15-42(34-65)50(32-46)61(62,63)64/h7-8,11-20,31-32,38-39,47,51,53,72H,6,9-10,21-30,33,35-37H2,1-5H3,(H,66,73)/t47?,51-,53-/m0/s1. The Morgan fingerprint density at radius 3 is 2.13 bits per heavy atom. The molecule has 8 rings (SSSR count). The average molecular weight is 1200 g/mol. The number of hydrogen-bond donors (Lipinski definition) is 2. The second kappa shape index (κ2) is 28.7. The van der Waals surface area contributed by atoms with Crippen molar-refractivity contribution in [2.75, 3.05) is 82.4 Å². The monoisotopic (exact) mass is 1200 g/mol. The second-order valence-corrected chi connectivity index (χ2v) is 22.6. The Balaban J connectivity index is 0.676. The van der Waals surface area contributed by atoms with Crippen LogP contribution in [-0.2, 0) is 52.6 Å². The number of aliphatic hydroxyl groups is 1. The Labute approximate surface area is 496 Å². The van der Waals surface area contributed by atoms with E-state index in [0.717, 1.165) is 58.0 Å². The van der Waals surface area contributed by atoms with Crippen molar-refractivity contribution in [3.63, 3.8) is 0 Å². The molecular formula is C61H70F3N7O11S2. The van der Waals surface area contributed by atoms with E-state index in [1.807, 2.05) is 51.1 Å². The van der Waals surface area contributed by atoms with Crippen LogP contribution in [0.25, 0.3) is 10.4 Å². The number of aromatic nitrogens is 1. The molecule has 4 aromatic carbocycles. The third-order valence-corrected chi connectivity index (χ3v) is 16.1. The van der Waals surface area contributed by atoms with E-state index in [0.29, 0.717) is 87.7 Å². The molecule has 0 aliphatic carbocycles. The summed E-state index contributed by atoms with van der Waals surface area (Å²) < 4.78 is 76.2. The predicted molar refractivity (Wildman–Crippen MR) is 313 cm³/mol. The second-order valence-electron chi connectivity index (χ2n) is 21.3. The molecule has 3 atom stereocenters. The lowest BCUT2D eigenvalue weighted by molar-refractivity contribution is -0.143. The normalized spacial score (nSPS) is 17.1. The number of anilines is 2. The molecule has 0 bridgehead atoms. The van der Waals surface area contributed by atoms with E-state index in [1.54, 1.807) is 71.6 Å². The number of thiocarbonyl (C=S) groups is 1. The lowest BCUT2D eigenvalue weighted by Crippen LogP contribution is -2.55. The molecule has 1 aromatic heterocycles. The maximum atomic E-state index is 14.3. The third kappa shape index (κ3) is 15.1. The minimum absolute atomic E-state index is 0.00189. The van der Waals surface area contributed by atoms with Gasteiger partial charge in [0, 0.05) is 56.1 Å². The fraction of sp³-hybridized carbons (Fsp3) is 0.459. The van der Waals surface area contributed by atoms with Gasteiger partial charge in [0.05, 0.1) is 84.7 Å². The molecule has 1 unspecified atom stereocenters. The zero-order chi connectivity index (χ0) is 60.1. The molecule has 4 heterocycles. The van der Waals surface area contributed by atoms with Crippen molar-refractivity contribution in [2.45, 2.75) is 103 Å². The number of rotatable bonds is 29. The summed E-state index contributed by atoms with van der Waals surface area (Å²) in [6.45, 7) is 13.3. The van der Waals surface area contributed by atoms with E-state index in [9.17, 15) is 42.7 Å². The summed E-state index contributed by atoms with van der Waals surface area (Å²) >= 11 is 7.14. The first kappa shape index (κ1) is 63.0. The number of aliphatic hydroxyl groups excluding tert-OH is 1. The molecule has 3 aliphatic rings. The summed E-state index contributed by atoms with van der Waals surface area (Å²) in [6.07, 6.45) is -2.96. The summed E-state index contributed by atoms with van der Waals surface area (Å²) in [5, 5.41) is 23.0. The van der Waals surface area contributed by atoms with E-state index >= 15 is 0 Å². The fourth-order valence-electron chi connectivity index (χ4n) is 10.4. The van der Waals surface area contributed by atoms with E-state index in [2.05, 4.69) is 10.3 Å². The summed E-state index contributed by atoms with van der Waals surface area (Å²) in [4.78, 5) is 66.2. The Morgan fingerprint density at radius 2 is 1.50 bits per heavy atom. The van der Waals surface area contributed by atoms with Crippen molar-refractivity contribution < 1.29 is 65.9 Å². The number of alkyl halides is 3. The number of aryl methyl sites for hydroxylation is 1. The number of likely N-dealkylation sites (tertiary alicyclic amines) is 1. The van der Waals surface area contributed by atoms with Crippen LogP contribution in [0.3, 0.4) is 0 Å². The van der Waals surface area contributed by atoms with Gasteiger partial charge in [-0.3, -0.25) is 24.1 Å². The number of unbranched alkanes of at least 4 members (excludes halogenated alkanes) is 2. The highest BCUT2D eigenvalue weighted by atomic mass is 32.1. The van der Waals surface area contributed by atoms with Crippen molar-refractivity contribution in [3.05, 3.63) is 124 Å². The number of ether oxygens (including phenoxy) is 6. The first-order chi connectivity index (χ1) is 40.3. The van der Waals surface area contributed by atoms with Crippen LogP contribution in [0, 0.1) is 24.2 Å². The van der Waals surface area contributed by atoms with Crippen LogP contribution in [0.5, 0.6) is 11.5 Å². The van der Waals surface area contributed by atoms with Gasteiger partial charge in [0.25, 0.3) is 11.8 Å². The summed E-state index contributed by atoms with van der Waals surface area (Å²) in [6, 6.07) is 22.8. The highest BCUT2D eigenvalue weighted by Gasteiger charge is 2.51. The van der Waals surface area contributed by atoms with Crippen molar-refractivity contribution >= 4 is 63.7 Å². The van der Waals surface area contributed by atoms with Gasteiger partial charge in [0.15, 0.2) is 5.11 Å². The van der Waals surface area contributed by atoms with Gasteiger partial charge in [0.2, 0.25) is 11.8 Å². The number of thiazole rings is 1. The summed E-state index contributed by atoms with van der Waals surface area (Å²) in [5.41, 5.74) is 3.25. The lowest BCUT2D eigenvalue weighted by Gasteiger charge is -2.35. The first-order valence-corrected chi connectivity index (χ1v) is 29.2. The number of β-amino-alcohol motifs (C(OH)–C–C–N with tert-alkyl or cyclic N) is 1. The highest BCUT2D eigenvalue weighted by molar-refractivity contribution is 7.81. The lowest BCUT2D eigenvalue weighted by atomic mass is 10.0. The van der Waals surface area contributed by atoms with Gasteiger partial charge in [0.1, 0.15) is 42.3 Å². The van der Waals surface area contributed by atoms with Crippen LogP contribution in [0.2, 0.25) is 0 Å². The maximum absolute atomic E-state index is 14.3. The number of halogens is 3. The number of nitrogens with zero attached hydrogens (tertiary/aromatic N) is 6. The molecule has 23 heteroatoms. The smallest absolute Gasteiger partial charge is 0.417 e. The number of hydrogen-bond acceptors (Lipinski definition) is 15. The zero-order valence-electron chi connectivity index (χ0n) is 47.7. The van der Waals surface area contributed by atoms with Crippen LogP contribution >= 0.6 is 23.6 Å². The highest BCUT2D eigenvalue weighted by Crippen LogP contribution is 2.41. The van der Waals surface area contributed by atoms with E-state index < -0.39 is 52.8 Å². The zero-order valence-corrected chi connectivity index (χ0v) is 49.3. The molecule has 18 nitrogen and oxygen atoms in total. The van der Waals surface area contributed by atoms with Crippen molar-refractivity contribution in [3.8, 4) is 28.0 Å². The first-order valence-electron chi connectivity index (χ1n) is 27.9. The topological polar surface area (TPSA) is 206 Å². The van der Waals surface area contributed by atoms with Crippen LogP contribution in [-0.4, -0.2) is 145 Å². The number of fused-ring (bicyclic) bond motifs is 1. The van der Waals surface area contributed by atoms with Crippen molar-refractivity contribution in [1.29, 1.82) is 5.26 Å². The molecular weight excluding hydrogens is 1130 g/mol. The number of benzene rings is 4. The van der Waals surface area contributed by atoms with Gasteiger partial charge in [-0.25, -0.2) is 4.98 Å². The maximum Gasteiger partial charge on any atom is 0.417 e. The van der Waals surface area contributed by atoms with Crippen molar-refractivity contribution in [1.82, 2.24) is 20.1 Å². The molecule has 2 saturated heterocycles. The SMILES string of the molecule is Cc1ncsc1-c1ccc(CNC(=O)[C@@H]2CC(O)CN2C(=O)[C@H](C(C)C)N2Cc3ccccc3C2=O)c(OCCOCCOCCCCCOCCOCCOc2ccc(N3C(=S)N(c4ccc(C#N)c(C(F)(F)F)c4)C(=O)C3(C)C)cc2)c1. The Hall–Kier alpha value is -7.04. The Morgan fingerprint density at radius 1 is 0.857 bits per heavy atom. The van der Waals surface area contributed by atoms with E-state index in [-0.39, 0.29) is 61.3 Å². The Bertz CT molecular complexity index is 3170. The summed E-state index contributed by atoms with van der Waals surface area (Å²) in [5.74, 6) is -0.658.